The first kappa shape index (κ1) is 9.30. The van der Waals surface area contributed by atoms with Gasteiger partial charge in [-0.05, 0) is 29.7 Å². The van der Waals surface area contributed by atoms with E-state index in [1.54, 1.807) is 17.4 Å². The normalized spacial score (nSPS) is 10.8. The molecule has 0 fully saturated rings. The molecule has 2 N–H and O–H groups in total. The molecular formula is C12H9N3S. The molecule has 2 aromatic heterocycles. The topological polar surface area (TPSA) is 51.8 Å². The Bertz CT molecular complexity index is 595. The van der Waals surface area contributed by atoms with Gasteiger partial charge in [0.25, 0.3) is 0 Å². The minimum absolute atomic E-state index is 0.449. The highest BCUT2D eigenvalue weighted by Crippen LogP contribution is 2.31. The predicted molar refractivity (Wildman–Crippen MR) is 67.3 cm³/mol. The van der Waals surface area contributed by atoms with Crippen LogP contribution in [0.5, 0.6) is 0 Å². The summed E-state index contributed by atoms with van der Waals surface area (Å²) < 4.78 is 1.26. The SMILES string of the molecule is Nc1ccc(-c2cc3ccccc3s2)nn1. The van der Waals surface area contributed by atoms with Gasteiger partial charge in [0.1, 0.15) is 11.5 Å². The number of nitrogen functional groups attached to an aromatic ring is 1. The second kappa shape index (κ2) is 3.57. The fourth-order valence-electron chi connectivity index (χ4n) is 1.58. The van der Waals surface area contributed by atoms with E-state index in [0.717, 1.165) is 10.6 Å². The van der Waals surface area contributed by atoms with Gasteiger partial charge >= 0.3 is 0 Å². The van der Waals surface area contributed by atoms with E-state index >= 15 is 0 Å². The van der Waals surface area contributed by atoms with Crippen molar-refractivity contribution in [2.75, 3.05) is 5.73 Å². The van der Waals surface area contributed by atoms with Crippen molar-refractivity contribution < 1.29 is 0 Å². The maximum absolute atomic E-state index is 5.51. The van der Waals surface area contributed by atoms with Gasteiger partial charge in [-0.25, -0.2) is 0 Å². The Labute approximate surface area is 96.6 Å². The van der Waals surface area contributed by atoms with E-state index in [1.807, 2.05) is 18.2 Å². The van der Waals surface area contributed by atoms with Crippen molar-refractivity contribution in [3.8, 4) is 10.6 Å². The molecule has 0 radical (unpaired) electrons. The van der Waals surface area contributed by atoms with Gasteiger partial charge in [-0.1, -0.05) is 18.2 Å². The van der Waals surface area contributed by atoms with Crippen molar-refractivity contribution >= 4 is 27.2 Å². The number of rotatable bonds is 1. The van der Waals surface area contributed by atoms with E-state index in [2.05, 4.69) is 28.4 Å². The van der Waals surface area contributed by atoms with Gasteiger partial charge in [0.2, 0.25) is 0 Å². The molecule has 0 amide bonds. The summed E-state index contributed by atoms with van der Waals surface area (Å²) in [5, 5.41) is 9.18. The lowest BCUT2D eigenvalue weighted by atomic mass is 10.2. The zero-order valence-corrected chi connectivity index (χ0v) is 9.24. The number of fused-ring (bicyclic) bond motifs is 1. The van der Waals surface area contributed by atoms with Crippen molar-refractivity contribution in [3.63, 3.8) is 0 Å². The average Bonchev–Trinajstić information content (AvgIpc) is 2.73. The minimum atomic E-state index is 0.449. The van der Waals surface area contributed by atoms with Crippen LogP contribution in [0.1, 0.15) is 0 Å². The molecule has 1 aromatic carbocycles. The maximum atomic E-state index is 5.51. The van der Waals surface area contributed by atoms with Crippen LogP contribution >= 0.6 is 11.3 Å². The van der Waals surface area contributed by atoms with E-state index in [4.69, 9.17) is 5.73 Å². The van der Waals surface area contributed by atoms with Crippen molar-refractivity contribution in [1.29, 1.82) is 0 Å². The van der Waals surface area contributed by atoms with Crippen LogP contribution < -0.4 is 5.73 Å². The first-order valence-electron chi connectivity index (χ1n) is 4.91. The second-order valence-electron chi connectivity index (χ2n) is 3.49. The first-order valence-corrected chi connectivity index (χ1v) is 5.73. The Morgan fingerprint density at radius 1 is 1.00 bits per heavy atom. The molecule has 0 bridgehead atoms. The number of nitrogens with zero attached hydrogens (tertiary/aromatic N) is 2. The molecule has 0 unspecified atom stereocenters. The van der Waals surface area contributed by atoms with Crippen LogP contribution in [-0.4, -0.2) is 10.2 Å². The predicted octanol–water partition coefficient (Wildman–Crippen LogP) is 2.94. The van der Waals surface area contributed by atoms with E-state index in [1.165, 1.54) is 10.1 Å². The fourth-order valence-corrected chi connectivity index (χ4v) is 2.61. The molecule has 0 aliphatic rings. The molecule has 0 saturated heterocycles. The summed E-state index contributed by atoms with van der Waals surface area (Å²) in [5.74, 6) is 0.449. The zero-order valence-electron chi connectivity index (χ0n) is 8.42. The highest BCUT2D eigenvalue weighted by atomic mass is 32.1. The van der Waals surface area contributed by atoms with Gasteiger partial charge in [0.05, 0.1) is 4.88 Å². The van der Waals surface area contributed by atoms with E-state index in [9.17, 15) is 0 Å². The van der Waals surface area contributed by atoms with Gasteiger partial charge in [-0.15, -0.1) is 21.5 Å². The molecule has 16 heavy (non-hydrogen) atoms. The molecule has 0 aliphatic heterocycles. The fraction of sp³-hybridized carbons (Fsp3) is 0. The summed E-state index contributed by atoms with van der Waals surface area (Å²) in [7, 11) is 0. The highest BCUT2D eigenvalue weighted by Gasteiger charge is 2.05. The van der Waals surface area contributed by atoms with Crippen molar-refractivity contribution in [2.45, 2.75) is 0 Å². The Morgan fingerprint density at radius 3 is 2.62 bits per heavy atom. The molecule has 0 aliphatic carbocycles. The molecule has 2 heterocycles. The van der Waals surface area contributed by atoms with Crippen molar-refractivity contribution in [3.05, 3.63) is 42.5 Å². The first-order chi connectivity index (χ1) is 7.83. The maximum Gasteiger partial charge on any atom is 0.146 e. The quantitative estimate of drug-likeness (QED) is 0.695. The summed E-state index contributed by atoms with van der Waals surface area (Å²) >= 11 is 1.71. The number of hydrogen-bond donors (Lipinski definition) is 1. The molecule has 4 heteroatoms. The largest absolute Gasteiger partial charge is 0.382 e. The molecule has 3 aromatic rings. The molecule has 0 spiro atoms. The number of nitrogens with two attached hydrogens (primary N) is 1. The van der Waals surface area contributed by atoms with Crippen molar-refractivity contribution in [1.82, 2.24) is 10.2 Å². The third-order valence-corrected chi connectivity index (χ3v) is 3.50. The second-order valence-corrected chi connectivity index (χ2v) is 4.58. The minimum Gasteiger partial charge on any atom is -0.382 e. The summed E-state index contributed by atoms with van der Waals surface area (Å²) in [5.41, 5.74) is 6.38. The van der Waals surface area contributed by atoms with E-state index in [0.29, 0.717) is 5.82 Å². The average molecular weight is 227 g/mol. The number of anilines is 1. The Morgan fingerprint density at radius 2 is 1.88 bits per heavy atom. The third kappa shape index (κ3) is 1.53. The molecule has 3 nitrogen and oxygen atoms in total. The monoisotopic (exact) mass is 227 g/mol. The van der Waals surface area contributed by atoms with E-state index in [-0.39, 0.29) is 0 Å². The smallest absolute Gasteiger partial charge is 0.146 e. The van der Waals surface area contributed by atoms with Crippen LogP contribution in [0.15, 0.2) is 42.5 Å². The number of thiophene rings is 1. The summed E-state index contributed by atoms with van der Waals surface area (Å²) in [6.07, 6.45) is 0. The van der Waals surface area contributed by atoms with Gasteiger partial charge in [-0.2, -0.15) is 0 Å². The summed E-state index contributed by atoms with van der Waals surface area (Å²) in [6, 6.07) is 14.1. The number of hydrogen-bond acceptors (Lipinski definition) is 4. The Balaban J connectivity index is 2.15. The van der Waals surface area contributed by atoms with Gasteiger partial charge in [0.15, 0.2) is 0 Å². The van der Waals surface area contributed by atoms with Crippen LogP contribution in [-0.2, 0) is 0 Å². The summed E-state index contributed by atoms with van der Waals surface area (Å²) in [6.45, 7) is 0. The Hall–Kier alpha value is -1.94. The highest BCUT2D eigenvalue weighted by molar-refractivity contribution is 7.22. The lowest BCUT2D eigenvalue weighted by Crippen LogP contribution is -1.92. The van der Waals surface area contributed by atoms with Crippen molar-refractivity contribution in [2.24, 2.45) is 0 Å². The summed E-state index contributed by atoms with van der Waals surface area (Å²) in [4.78, 5) is 1.12. The van der Waals surface area contributed by atoms with Crippen LogP contribution in [0.25, 0.3) is 20.7 Å². The number of benzene rings is 1. The lowest BCUT2D eigenvalue weighted by Gasteiger charge is -1.94. The molecule has 0 atom stereocenters. The van der Waals surface area contributed by atoms with Crippen LogP contribution in [0.2, 0.25) is 0 Å². The molecular weight excluding hydrogens is 218 g/mol. The van der Waals surface area contributed by atoms with E-state index < -0.39 is 0 Å². The van der Waals surface area contributed by atoms with Crippen LogP contribution in [0.4, 0.5) is 5.82 Å². The number of aromatic nitrogens is 2. The molecule has 78 valence electrons. The van der Waals surface area contributed by atoms with Gasteiger partial charge in [-0.3, -0.25) is 0 Å². The van der Waals surface area contributed by atoms with Crippen LogP contribution in [0.3, 0.4) is 0 Å². The third-order valence-electron chi connectivity index (χ3n) is 2.36. The standard InChI is InChI=1S/C12H9N3S/c13-12-6-5-9(14-15-12)11-7-8-3-1-2-4-10(8)16-11/h1-7H,(H2,13,15). The van der Waals surface area contributed by atoms with Crippen LogP contribution in [0, 0.1) is 0 Å². The zero-order chi connectivity index (χ0) is 11.0. The molecule has 0 saturated carbocycles. The van der Waals surface area contributed by atoms with Gasteiger partial charge in [0, 0.05) is 4.70 Å². The van der Waals surface area contributed by atoms with Gasteiger partial charge < -0.3 is 5.73 Å². The lowest BCUT2D eigenvalue weighted by molar-refractivity contribution is 1.05. The Kier molecular flexibility index (Phi) is 2.08. The molecule has 3 rings (SSSR count).